The quantitative estimate of drug-likeness (QED) is 0.417. The number of ether oxygens (including phenoxy) is 1. The van der Waals surface area contributed by atoms with Crippen LogP contribution in [0.4, 0.5) is 13.2 Å². The summed E-state index contributed by atoms with van der Waals surface area (Å²) in [5, 5.41) is 17.7. The van der Waals surface area contributed by atoms with Crippen LogP contribution < -0.4 is 0 Å². The van der Waals surface area contributed by atoms with Crippen molar-refractivity contribution in [1.82, 2.24) is 9.88 Å². The molecule has 1 fully saturated rings. The van der Waals surface area contributed by atoms with E-state index in [1.165, 1.54) is 19.4 Å². The van der Waals surface area contributed by atoms with Crippen molar-refractivity contribution in [3.63, 3.8) is 0 Å². The monoisotopic (exact) mass is 433 g/mol. The normalized spacial score (nSPS) is 16.4. The van der Waals surface area contributed by atoms with Gasteiger partial charge in [-0.05, 0) is 32.3 Å². The summed E-state index contributed by atoms with van der Waals surface area (Å²) in [5.41, 5.74) is -0.205. The molecule has 10 heteroatoms. The van der Waals surface area contributed by atoms with Crippen LogP contribution in [-0.4, -0.2) is 59.8 Å². The SMILES string of the molecule is COC(=O)c1cnc(C2CCN(C(=N)/C(CCO)=C(/C)C(F)(F)F)CC2)c(Cl)c1. The predicted octanol–water partition coefficient (Wildman–Crippen LogP) is 3.94. The summed E-state index contributed by atoms with van der Waals surface area (Å²) in [4.78, 5) is 17.4. The van der Waals surface area contributed by atoms with Crippen molar-refractivity contribution in [2.24, 2.45) is 0 Å². The number of hydrogen-bond donors (Lipinski definition) is 2. The fourth-order valence-electron chi connectivity index (χ4n) is 3.31. The van der Waals surface area contributed by atoms with Crippen LogP contribution in [0.25, 0.3) is 0 Å². The molecule has 1 saturated heterocycles. The molecular weight excluding hydrogens is 411 g/mol. The van der Waals surface area contributed by atoms with E-state index >= 15 is 0 Å². The summed E-state index contributed by atoms with van der Waals surface area (Å²) in [6.07, 6.45) is -2.30. The molecule has 0 unspecified atom stereocenters. The number of nitrogens with one attached hydrogen (secondary N) is 1. The van der Waals surface area contributed by atoms with Gasteiger partial charge in [-0.15, -0.1) is 0 Å². The number of aromatic nitrogens is 1. The number of methoxy groups -OCH3 is 1. The molecule has 2 rings (SSSR count). The van der Waals surface area contributed by atoms with Gasteiger partial charge in [0.25, 0.3) is 0 Å². The third-order valence-electron chi connectivity index (χ3n) is 5.01. The first-order valence-electron chi connectivity index (χ1n) is 9.05. The van der Waals surface area contributed by atoms with Gasteiger partial charge >= 0.3 is 12.1 Å². The van der Waals surface area contributed by atoms with Gasteiger partial charge < -0.3 is 14.7 Å². The molecule has 29 heavy (non-hydrogen) atoms. The molecule has 0 aromatic carbocycles. The first-order chi connectivity index (χ1) is 13.6. The summed E-state index contributed by atoms with van der Waals surface area (Å²) in [6.45, 7) is 1.19. The predicted molar refractivity (Wildman–Crippen MR) is 102 cm³/mol. The molecule has 2 heterocycles. The number of amidine groups is 1. The van der Waals surface area contributed by atoms with Gasteiger partial charge in [-0.3, -0.25) is 10.4 Å². The van der Waals surface area contributed by atoms with Crippen molar-refractivity contribution < 1.29 is 27.8 Å². The van der Waals surface area contributed by atoms with Crippen molar-refractivity contribution >= 4 is 23.4 Å². The maximum Gasteiger partial charge on any atom is 0.412 e. The summed E-state index contributed by atoms with van der Waals surface area (Å²) >= 11 is 6.26. The van der Waals surface area contributed by atoms with E-state index in [9.17, 15) is 18.0 Å². The minimum Gasteiger partial charge on any atom is -0.465 e. The van der Waals surface area contributed by atoms with E-state index < -0.39 is 24.3 Å². The minimum atomic E-state index is -4.55. The highest BCUT2D eigenvalue weighted by Crippen LogP contribution is 2.34. The number of piperidine rings is 1. The average molecular weight is 434 g/mol. The van der Waals surface area contributed by atoms with E-state index in [1.807, 2.05) is 0 Å². The average Bonchev–Trinajstić information content (AvgIpc) is 2.69. The van der Waals surface area contributed by atoms with Crippen LogP contribution in [0.15, 0.2) is 23.4 Å². The van der Waals surface area contributed by atoms with Crippen LogP contribution >= 0.6 is 11.6 Å². The number of rotatable bonds is 5. The van der Waals surface area contributed by atoms with Gasteiger partial charge in [0.05, 0.1) is 23.4 Å². The molecule has 1 aliphatic rings. The van der Waals surface area contributed by atoms with E-state index in [4.69, 9.17) is 22.1 Å². The topological polar surface area (TPSA) is 86.5 Å². The van der Waals surface area contributed by atoms with Gasteiger partial charge in [-0.25, -0.2) is 4.79 Å². The highest BCUT2D eigenvalue weighted by molar-refractivity contribution is 6.31. The van der Waals surface area contributed by atoms with Crippen LogP contribution in [0.3, 0.4) is 0 Å². The lowest BCUT2D eigenvalue weighted by molar-refractivity contribution is -0.0920. The third-order valence-corrected chi connectivity index (χ3v) is 5.32. The Hall–Kier alpha value is -2.13. The van der Waals surface area contributed by atoms with Gasteiger partial charge in [0, 0.05) is 43.0 Å². The van der Waals surface area contributed by atoms with Crippen LogP contribution in [0.5, 0.6) is 0 Å². The van der Waals surface area contributed by atoms with E-state index in [1.54, 1.807) is 4.90 Å². The number of nitrogens with zero attached hydrogens (tertiary/aromatic N) is 2. The molecular formula is C19H23ClF3N3O3. The van der Waals surface area contributed by atoms with E-state index in [-0.39, 0.29) is 29.3 Å². The second kappa shape index (κ2) is 9.58. The van der Waals surface area contributed by atoms with Crippen molar-refractivity contribution in [1.29, 1.82) is 5.41 Å². The van der Waals surface area contributed by atoms with Crippen molar-refractivity contribution in [3.8, 4) is 0 Å². The fraction of sp³-hybridized carbons (Fsp3) is 0.526. The second-order valence-electron chi connectivity index (χ2n) is 6.77. The lowest BCUT2D eigenvalue weighted by atomic mass is 9.91. The van der Waals surface area contributed by atoms with Gasteiger partial charge in [0.15, 0.2) is 0 Å². The van der Waals surface area contributed by atoms with Gasteiger partial charge in [-0.2, -0.15) is 13.2 Å². The maximum absolute atomic E-state index is 13.1. The molecule has 6 nitrogen and oxygen atoms in total. The summed E-state index contributed by atoms with van der Waals surface area (Å²) in [5.74, 6) is -0.794. The number of carbonyl (C=O) groups is 1. The van der Waals surface area contributed by atoms with Gasteiger partial charge in [0.1, 0.15) is 5.84 Å². The number of alkyl halides is 3. The molecule has 0 amide bonds. The van der Waals surface area contributed by atoms with Gasteiger partial charge in [0.2, 0.25) is 0 Å². The molecule has 0 spiro atoms. The number of aliphatic hydroxyl groups excluding tert-OH is 1. The Morgan fingerprint density at radius 2 is 2.03 bits per heavy atom. The molecule has 1 aliphatic heterocycles. The Kier molecular flexibility index (Phi) is 7.65. The number of esters is 1. The zero-order chi connectivity index (χ0) is 21.8. The number of carbonyl (C=O) groups excluding carboxylic acids is 1. The Labute approximate surface area is 171 Å². The molecule has 160 valence electrons. The van der Waals surface area contributed by atoms with Crippen LogP contribution in [0.2, 0.25) is 5.02 Å². The lowest BCUT2D eigenvalue weighted by Gasteiger charge is -2.35. The Bertz CT molecular complexity index is 804. The van der Waals surface area contributed by atoms with Gasteiger partial charge in [-0.1, -0.05) is 11.6 Å². The molecule has 0 saturated carbocycles. The molecule has 1 aromatic rings. The van der Waals surface area contributed by atoms with E-state index in [0.717, 1.165) is 6.92 Å². The van der Waals surface area contributed by atoms with Crippen LogP contribution in [-0.2, 0) is 4.74 Å². The first-order valence-corrected chi connectivity index (χ1v) is 9.43. The van der Waals surface area contributed by atoms with Crippen LogP contribution in [0.1, 0.15) is 48.2 Å². The molecule has 0 atom stereocenters. The first kappa shape index (κ1) is 23.2. The number of likely N-dealkylation sites (tertiary alicyclic amines) is 1. The standard InChI is InChI=1S/C19H23ClF3N3O3/c1-11(19(21,22)23)14(5-8-27)17(24)26-6-3-12(4-7-26)16-15(20)9-13(10-25-16)18(28)29-2/h9-10,12,24,27H,3-8H2,1-2H3/b14-11-,24-17?. The number of halogens is 4. The number of aliphatic hydroxyl groups is 1. The largest absolute Gasteiger partial charge is 0.465 e. The fourth-order valence-corrected chi connectivity index (χ4v) is 3.63. The van der Waals surface area contributed by atoms with E-state index in [0.29, 0.717) is 36.6 Å². The Morgan fingerprint density at radius 1 is 1.41 bits per heavy atom. The zero-order valence-corrected chi connectivity index (χ0v) is 16.9. The number of pyridine rings is 1. The van der Waals surface area contributed by atoms with E-state index in [2.05, 4.69) is 9.72 Å². The molecule has 0 bridgehead atoms. The third kappa shape index (κ3) is 5.48. The lowest BCUT2D eigenvalue weighted by Crippen LogP contribution is -2.39. The molecule has 0 radical (unpaired) electrons. The summed E-state index contributed by atoms with van der Waals surface area (Å²) in [6, 6.07) is 1.49. The second-order valence-corrected chi connectivity index (χ2v) is 7.17. The smallest absolute Gasteiger partial charge is 0.412 e. The Balaban J connectivity index is 2.12. The highest BCUT2D eigenvalue weighted by Gasteiger charge is 2.35. The maximum atomic E-state index is 13.1. The number of allylic oxidation sites excluding steroid dienone is 1. The highest BCUT2D eigenvalue weighted by atomic mass is 35.5. The summed E-state index contributed by atoms with van der Waals surface area (Å²) in [7, 11) is 1.26. The minimum absolute atomic E-state index is 0.0350. The molecule has 0 aliphatic carbocycles. The summed E-state index contributed by atoms with van der Waals surface area (Å²) < 4.78 is 43.9. The van der Waals surface area contributed by atoms with Crippen LogP contribution in [0, 0.1) is 5.41 Å². The van der Waals surface area contributed by atoms with Crippen molar-refractivity contribution in [3.05, 3.63) is 39.7 Å². The van der Waals surface area contributed by atoms with Crippen molar-refractivity contribution in [2.75, 3.05) is 26.8 Å². The molecule has 2 N–H and O–H groups in total. The Morgan fingerprint density at radius 3 is 2.52 bits per heavy atom. The number of hydrogen-bond acceptors (Lipinski definition) is 5. The van der Waals surface area contributed by atoms with Crippen molar-refractivity contribution in [2.45, 2.75) is 38.3 Å². The molecule has 1 aromatic heterocycles. The zero-order valence-electron chi connectivity index (χ0n) is 16.1.